The summed E-state index contributed by atoms with van der Waals surface area (Å²) in [6.45, 7) is 11.2. The standard InChI is InChI=1S/C10H19ClNO/c1-4-7-12(11,8-5-2)9-6-10(3)13/h4-5,10,13H,1-2,6-9H2,3H3/q+1. The molecule has 0 aliphatic rings. The van der Waals surface area contributed by atoms with Gasteiger partial charge in [-0.1, -0.05) is 13.2 Å². The lowest BCUT2D eigenvalue weighted by atomic mass is 10.2. The van der Waals surface area contributed by atoms with Crippen molar-refractivity contribution in [2.45, 2.75) is 19.4 Å². The van der Waals surface area contributed by atoms with Crippen LogP contribution in [0, 0.1) is 0 Å². The predicted octanol–water partition coefficient (Wildman–Crippen LogP) is 2.10. The zero-order chi connectivity index (χ0) is 10.3. The molecule has 0 rings (SSSR count). The van der Waals surface area contributed by atoms with E-state index in [1.165, 1.54) is 0 Å². The average molecular weight is 205 g/mol. The predicted molar refractivity (Wildman–Crippen MR) is 57.4 cm³/mol. The van der Waals surface area contributed by atoms with Gasteiger partial charge in [-0.25, -0.2) is 4.00 Å². The summed E-state index contributed by atoms with van der Waals surface area (Å²) in [6.07, 6.45) is 3.98. The van der Waals surface area contributed by atoms with E-state index >= 15 is 0 Å². The van der Waals surface area contributed by atoms with Gasteiger partial charge in [-0.05, 0) is 19.1 Å². The van der Waals surface area contributed by atoms with Gasteiger partial charge in [-0.15, -0.1) is 0 Å². The summed E-state index contributed by atoms with van der Waals surface area (Å²) in [5, 5.41) is 9.13. The van der Waals surface area contributed by atoms with Gasteiger partial charge in [0.15, 0.2) is 11.8 Å². The highest BCUT2D eigenvalue weighted by molar-refractivity contribution is 6.06. The summed E-state index contributed by atoms with van der Waals surface area (Å²) in [6, 6.07) is 0. The second-order valence-electron chi connectivity index (χ2n) is 3.33. The molecule has 13 heavy (non-hydrogen) atoms. The van der Waals surface area contributed by atoms with E-state index in [-0.39, 0.29) is 6.10 Å². The second-order valence-corrected chi connectivity index (χ2v) is 4.05. The molecule has 0 aromatic carbocycles. The minimum Gasteiger partial charge on any atom is -0.393 e. The summed E-state index contributed by atoms with van der Waals surface area (Å²) in [5.74, 6) is 0. The van der Waals surface area contributed by atoms with E-state index in [9.17, 15) is 0 Å². The van der Waals surface area contributed by atoms with Crippen molar-refractivity contribution < 1.29 is 9.11 Å². The molecule has 1 atom stereocenters. The van der Waals surface area contributed by atoms with Crippen LogP contribution in [0.2, 0.25) is 0 Å². The van der Waals surface area contributed by atoms with Gasteiger partial charge in [-0.2, -0.15) is 0 Å². The molecule has 0 aromatic heterocycles. The Balaban J connectivity index is 4.05. The van der Waals surface area contributed by atoms with Crippen molar-refractivity contribution >= 4 is 11.8 Å². The lowest BCUT2D eigenvalue weighted by Crippen LogP contribution is -2.40. The molecule has 0 aliphatic heterocycles. The van der Waals surface area contributed by atoms with Gasteiger partial charge in [0.25, 0.3) is 0 Å². The molecule has 0 spiro atoms. The Hall–Kier alpha value is -0.310. The van der Waals surface area contributed by atoms with Crippen LogP contribution in [0.5, 0.6) is 0 Å². The summed E-state index contributed by atoms with van der Waals surface area (Å²) in [5.41, 5.74) is 0. The molecule has 0 aromatic rings. The highest BCUT2D eigenvalue weighted by Crippen LogP contribution is 2.14. The van der Waals surface area contributed by atoms with Crippen molar-refractivity contribution in [2.24, 2.45) is 0 Å². The molecule has 0 amide bonds. The van der Waals surface area contributed by atoms with E-state index < -0.39 is 0 Å². The summed E-state index contributed by atoms with van der Waals surface area (Å²) >= 11 is 6.27. The van der Waals surface area contributed by atoms with Crippen LogP contribution in [0.1, 0.15) is 13.3 Å². The van der Waals surface area contributed by atoms with Gasteiger partial charge in [0.05, 0.1) is 12.6 Å². The molecule has 0 aliphatic carbocycles. The van der Waals surface area contributed by atoms with Crippen molar-refractivity contribution in [2.75, 3.05) is 19.6 Å². The number of aliphatic hydroxyl groups is 1. The first-order valence-electron chi connectivity index (χ1n) is 4.49. The summed E-state index contributed by atoms with van der Waals surface area (Å²) in [4.78, 5) is 0. The monoisotopic (exact) mass is 204 g/mol. The Kier molecular flexibility index (Phi) is 6.04. The van der Waals surface area contributed by atoms with Crippen LogP contribution in [-0.2, 0) is 0 Å². The number of halogens is 1. The van der Waals surface area contributed by atoms with E-state index in [4.69, 9.17) is 16.9 Å². The van der Waals surface area contributed by atoms with Crippen LogP contribution >= 0.6 is 11.8 Å². The van der Waals surface area contributed by atoms with E-state index in [2.05, 4.69) is 13.2 Å². The zero-order valence-corrected chi connectivity index (χ0v) is 9.00. The van der Waals surface area contributed by atoms with E-state index in [1.807, 2.05) is 0 Å². The molecule has 0 saturated heterocycles. The minimum absolute atomic E-state index is 0.300. The van der Waals surface area contributed by atoms with E-state index in [0.29, 0.717) is 23.5 Å². The molecule has 0 saturated carbocycles. The third-order valence-electron chi connectivity index (χ3n) is 1.86. The maximum Gasteiger partial charge on any atom is 0.165 e. The molecule has 0 fully saturated rings. The van der Waals surface area contributed by atoms with E-state index in [0.717, 1.165) is 6.54 Å². The lowest BCUT2D eigenvalue weighted by Gasteiger charge is -2.27. The van der Waals surface area contributed by atoms with Gasteiger partial charge < -0.3 is 5.11 Å². The number of hydrogen-bond acceptors (Lipinski definition) is 1. The van der Waals surface area contributed by atoms with Crippen LogP contribution in [-0.4, -0.2) is 34.8 Å². The van der Waals surface area contributed by atoms with Crippen LogP contribution in [0.15, 0.2) is 25.3 Å². The third-order valence-corrected chi connectivity index (χ3v) is 2.31. The highest BCUT2D eigenvalue weighted by Gasteiger charge is 2.22. The quantitative estimate of drug-likeness (QED) is 0.498. The first-order valence-corrected chi connectivity index (χ1v) is 4.83. The number of rotatable bonds is 7. The molecule has 1 N–H and O–H groups in total. The highest BCUT2D eigenvalue weighted by atomic mass is 35.5. The average Bonchev–Trinajstić information content (AvgIpc) is 2.02. The third kappa shape index (κ3) is 5.86. The lowest BCUT2D eigenvalue weighted by molar-refractivity contribution is -0.803. The van der Waals surface area contributed by atoms with Crippen LogP contribution < -0.4 is 0 Å². The largest absolute Gasteiger partial charge is 0.393 e. The van der Waals surface area contributed by atoms with Gasteiger partial charge in [0, 0.05) is 6.42 Å². The summed E-state index contributed by atoms with van der Waals surface area (Å²) < 4.78 is 0.359. The maximum atomic E-state index is 9.13. The normalized spacial score (nSPS) is 13.8. The first kappa shape index (κ1) is 12.7. The van der Waals surface area contributed by atoms with Gasteiger partial charge in [-0.3, -0.25) is 0 Å². The zero-order valence-electron chi connectivity index (χ0n) is 8.25. The number of hydrogen-bond donors (Lipinski definition) is 1. The maximum absolute atomic E-state index is 9.13. The summed E-state index contributed by atoms with van der Waals surface area (Å²) in [7, 11) is 0. The SMILES string of the molecule is C=CC[N+](Cl)(CC=C)CCC(C)O. The Bertz CT molecular complexity index is 158. The number of quaternary nitrogens is 1. The Morgan fingerprint density at radius 3 is 2.15 bits per heavy atom. The smallest absolute Gasteiger partial charge is 0.165 e. The minimum atomic E-state index is -0.300. The van der Waals surface area contributed by atoms with Gasteiger partial charge >= 0.3 is 0 Å². The van der Waals surface area contributed by atoms with Crippen molar-refractivity contribution in [3.05, 3.63) is 25.3 Å². The van der Waals surface area contributed by atoms with E-state index in [1.54, 1.807) is 19.1 Å². The van der Waals surface area contributed by atoms with Gasteiger partial charge in [0.1, 0.15) is 13.1 Å². The molecule has 1 unspecified atom stereocenters. The fraction of sp³-hybridized carbons (Fsp3) is 0.600. The topological polar surface area (TPSA) is 20.2 Å². The fourth-order valence-electron chi connectivity index (χ4n) is 1.14. The Morgan fingerprint density at radius 1 is 1.38 bits per heavy atom. The molecule has 0 heterocycles. The second kappa shape index (κ2) is 6.19. The number of aliphatic hydroxyl groups excluding tert-OH is 1. The molecule has 3 heteroatoms. The molecule has 0 radical (unpaired) electrons. The number of nitrogens with zero attached hydrogens (tertiary/aromatic N) is 1. The fourth-order valence-corrected chi connectivity index (χ4v) is 1.43. The molecule has 0 bridgehead atoms. The molecular weight excluding hydrogens is 186 g/mol. The molecular formula is C10H19ClNO+. The first-order chi connectivity index (χ1) is 6.04. The van der Waals surface area contributed by atoms with Gasteiger partial charge in [0.2, 0.25) is 0 Å². The van der Waals surface area contributed by atoms with Crippen molar-refractivity contribution in [1.82, 2.24) is 0 Å². The van der Waals surface area contributed by atoms with Crippen LogP contribution in [0.4, 0.5) is 0 Å². The Labute approximate surface area is 85.8 Å². The van der Waals surface area contributed by atoms with Crippen LogP contribution in [0.3, 0.4) is 0 Å². The Morgan fingerprint density at radius 2 is 1.85 bits per heavy atom. The van der Waals surface area contributed by atoms with Crippen molar-refractivity contribution in [1.29, 1.82) is 0 Å². The van der Waals surface area contributed by atoms with Crippen molar-refractivity contribution in [3.8, 4) is 0 Å². The van der Waals surface area contributed by atoms with Crippen LogP contribution in [0.25, 0.3) is 0 Å². The van der Waals surface area contributed by atoms with Crippen molar-refractivity contribution in [3.63, 3.8) is 0 Å². The molecule has 2 nitrogen and oxygen atoms in total. The molecule has 76 valence electrons.